The zero-order valence-electron chi connectivity index (χ0n) is 10.1. The number of hydrogen-bond acceptors (Lipinski definition) is 4. The topological polar surface area (TPSA) is 54.2 Å². The molecule has 1 atom stereocenters. The van der Waals surface area contributed by atoms with Crippen LogP contribution in [0.4, 0.5) is 11.5 Å². The van der Waals surface area contributed by atoms with Crippen LogP contribution in [0, 0.1) is 0 Å². The summed E-state index contributed by atoms with van der Waals surface area (Å²) in [5.41, 5.74) is 6.44. The molecule has 0 bridgehead atoms. The van der Waals surface area contributed by atoms with E-state index in [0.29, 0.717) is 16.8 Å². The third-order valence-electron chi connectivity index (χ3n) is 3.21. The molecule has 1 aliphatic rings. The number of nitrogens with zero attached hydrogens (tertiary/aromatic N) is 2. The lowest BCUT2D eigenvalue weighted by atomic mass is 10.3. The van der Waals surface area contributed by atoms with Gasteiger partial charge in [-0.1, -0.05) is 11.6 Å². The molecule has 0 spiro atoms. The Labute approximate surface area is 107 Å². The first kappa shape index (κ1) is 12.5. The number of anilines is 2. The molecule has 5 heteroatoms. The number of likely N-dealkylation sites (tertiary alicyclic amines) is 1. The van der Waals surface area contributed by atoms with Gasteiger partial charge in [-0.25, -0.2) is 4.98 Å². The minimum Gasteiger partial charge on any atom is -0.396 e. The van der Waals surface area contributed by atoms with Crippen LogP contribution in [0.25, 0.3) is 0 Å². The molecule has 1 aliphatic heterocycles. The largest absolute Gasteiger partial charge is 0.396 e. The molecule has 0 aliphatic carbocycles. The van der Waals surface area contributed by atoms with E-state index in [-0.39, 0.29) is 0 Å². The zero-order valence-corrected chi connectivity index (χ0v) is 10.9. The van der Waals surface area contributed by atoms with Gasteiger partial charge in [-0.3, -0.25) is 4.90 Å². The highest BCUT2D eigenvalue weighted by atomic mass is 35.5. The molecule has 2 rings (SSSR count). The van der Waals surface area contributed by atoms with Crippen molar-refractivity contribution in [2.75, 3.05) is 30.7 Å². The van der Waals surface area contributed by atoms with Gasteiger partial charge >= 0.3 is 0 Å². The summed E-state index contributed by atoms with van der Waals surface area (Å²) >= 11 is 5.80. The Kier molecular flexibility index (Phi) is 4.07. The molecular weight excluding hydrogens is 236 g/mol. The van der Waals surface area contributed by atoms with Crippen LogP contribution in [0.1, 0.15) is 19.8 Å². The molecule has 1 fully saturated rings. The van der Waals surface area contributed by atoms with Gasteiger partial charge in [0, 0.05) is 18.8 Å². The van der Waals surface area contributed by atoms with Crippen molar-refractivity contribution in [1.29, 1.82) is 0 Å². The van der Waals surface area contributed by atoms with E-state index in [2.05, 4.69) is 22.1 Å². The highest BCUT2D eigenvalue weighted by Gasteiger charge is 2.17. The smallest absolute Gasteiger partial charge is 0.149 e. The number of pyridine rings is 1. The minimum atomic E-state index is 0.509. The summed E-state index contributed by atoms with van der Waals surface area (Å²) in [7, 11) is 0. The summed E-state index contributed by atoms with van der Waals surface area (Å²) in [6.45, 7) is 5.49. The van der Waals surface area contributed by atoms with E-state index in [1.807, 2.05) is 0 Å². The van der Waals surface area contributed by atoms with Gasteiger partial charge in [-0.05, 0) is 38.9 Å². The molecule has 0 radical (unpaired) electrons. The molecule has 3 N–H and O–H groups in total. The maximum Gasteiger partial charge on any atom is 0.149 e. The summed E-state index contributed by atoms with van der Waals surface area (Å²) < 4.78 is 0. The summed E-state index contributed by atoms with van der Waals surface area (Å²) in [6.07, 6.45) is 4.23. The van der Waals surface area contributed by atoms with Crippen molar-refractivity contribution in [3.05, 3.63) is 17.3 Å². The number of aromatic nitrogens is 1. The second kappa shape index (κ2) is 5.56. The highest BCUT2D eigenvalue weighted by Crippen LogP contribution is 2.20. The fraction of sp³-hybridized carbons (Fsp3) is 0.583. The van der Waals surface area contributed by atoms with Crippen LogP contribution in [0.3, 0.4) is 0 Å². The molecule has 1 aromatic rings. The molecule has 17 heavy (non-hydrogen) atoms. The SMILES string of the molecule is CC(CNc1ncc(Cl)cc1N)N1CCCC1. The van der Waals surface area contributed by atoms with Gasteiger partial charge in [0.25, 0.3) is 0 Å². The Morgan fingerprint density at radius 1 is 1.53 bits per heavy atom. The molecule has 0 amide bonds. The molecular formula is C12H19ClN4. The van der Waals surface area contributed by atoms with Crippen LogP contribution in [0.15, 0.2) is 12.3 Å². The number of nitrogens with two attached hydrogens (primary N) is 1. The molecule has 1 aromatic heterocycles. The number of nitrogens with one attached hydrogen (secondary N) is 1. The van der Waals surface area contributed by atoms with Gasteiger partial charge < -0.3 is 11.1 Å². The van der Waals surface area contributed by atoms with Crippen molar-refractivity contribution < 1.29 is 0 Å². The maximum absolute atomic E-state index is 5.84. The summed E-state index contributed by atoms with van der Waals surface area (Å²) in [5, 5.41) is 3.85. The second-order valence-corrected chi connectivity index (χ2v) is 5.00. The lowest BCUT2D eigenvalue weighted by molar-refractivity contribution is 0.269. The first-order chi connectivity index (χ1) is 8.16. The predicted molar refractivity (Wildman–Crippen MR) is 72.4 cm³/mol. The quantitative estimate of drug-likeness (QED) is 0.865. The van der Waals surface area contributed by atoms with Crippen molar-refractivity contribution in [3.63, 3.8) is 0 Å². The Balaban J connectivity index is 1.88. The van der Waals surface area contributed by atoms with Gasteiger partial charge in [0.1, 0.15) is 5.82 Å². The summed E-state index contributed by atoms with van der Waals surface area (Å²) in [6, 6.07) is 2.23. The van der Waals surface area contributed by atoms with Crippen LogP contribution in [-0.4, -0.2) is 35.6 Å². The average Bonchev–Trinajstić information content (AvgIpc) is 2.81. The van der Waals surface area contributed by atoms with Gasteiger partial charge in [0.15, 0.2) is 0 Å². The molecule has 1 unspecified atom stereocenters. The number of rotatable bonds is 4. The van der Waals surface area contributed by atoms with Crippen LogP contribution in [0.2, 0.25) is 5.02 Å². The fourth-order valence-corrected chi connectivity index (χ4v) is 2.32. The second-order valence-electron chi connectivity index (χ2n) is 4.56. The molecule has 0 aromatic carbocycles. The van der Waals surface area contributed by atoms with Crippen molar-refractivity contribution in [2.45, 2.75) is 25.8 Å². The molecule has 4 nitrogen and oxygen atoms in total. The molecule has 0 saturated carbocycles. The van der Waals surface area contributed by atoms with Crippen molar-refractivity contribution in [1.82, 2.24) is 9.88 Å². The Morgan fingerprint density at radius 2 is 2.24 bits per heavy atom. The van der Waals surface area contributed by atoms with Gasteiger partial charge in [0.2, 0.25) is 0 Å². The Bertz CT molecular complexity index is 377. The third kappa shape index (κ3) is 3.23. The summed E-state index contributed by atoms with van der Waals surface area (Å²) in [4.78, 5) is 6.68. The minimum absolute atomic E-state index is 0.509. The van der Waals surface area contributed by atoms with E-state index in [4.69, 9.17) is 17.3 Å². The number of hydrogen-bond donors (Lipinski definition) is 2. The van der Waals surface area contributed by atoms with E-state index in [1.165, 1.54) is 25.9 Å². The van der Waals surface area contributed by atoms with Crippen LogP contribution in [-0.2, 0) is 0 Å². The molecule has 94 valence electrons. The lowest BCUT2D eigenvalue weighted by Crippen LogP contribution is -2.35. The van der Waals surface area contributed by atoms with E-state index < -0.39 is 0 Å². The lowest BCUT2D eigenvalue weighted by Gasteiger charge is -2.24. The van der Waals surface area contributed by atoms with Crippen LogP contribution < -0.4 is 11.1 Å². The van der Waals surface area contributed by atoms with Gasteiger partial charge in [-0.15, -0.1) is 0 Å². The maximum atomic E-state index is 5.84. The van der Waals surface area contributed by atoms with Gasteiger partial charge in [0.05, 0.1) is 10.7 Å². The first-order valence-corrected chi connectivity index (χ1v) is 6.43. The Morgan fingerprint density at radius 3 is 2.88 bits per heavy atom. The fourth-order valence-electron chi connectivity index (χ4n) is 2.16. The monoisotopic (exact) mass is 254 g/mol. The van der Waals surface area contributed by atoms with E-state index in [0.717, 1.165) is 12.4 Å². The van der Waals surface area contributed by atoms with Gasteiger partial charge in [-0.2, -0.15) is 0 Å². The van der Waals surface area contributed by atoms with Crippen molar-refractivity contribution in [2.24, 2.45) is 0 Å². The highest BCUT2D eigenvalue weighted by molar-refractivity contribution is 6.30. The predicted octanol–water partition coefficient (Wildman–Crippen LogP) is 2.21. The first-order valence-electron chi connectivity index (χ1n) is 6.06. The molecule has 2 heterocycles. The van der Waals surface area contributed by atoms with Crippen molar-refractivity contribution >= 4 is 23.1 Å². The normalized spacial score (nSPS) is 18.2. The molecule has 1 saturated heterocycles. The zero-order chi connectivity index (χ0) is 12.3. The number of halogens is 1. The van der Waals surface area contributed by atoms with E-state index >= 15 is 0 Å². The third-order valence-corrected chi connectivity index (χ3v) is 3.42. The van der Waals surface area contributed by atoms with Crippen molar-refractivity contribution in [3.8, 4) is 0 Å². The number of nitrogen functional groups attached to an aromatic ring is 1. The van der Waals surface area contributed by atoms with Crippen LogP contribution in [0.5, 0.6) is 0 Å². The summed E-state index contributed by atoms with van der Waals surface area (Å²) in [5.74, 6) is 0.723. The van der Waals surface area contributed by atoms with Crippen LogP contribution >= 0.6 is 11.6 Å². The standard InChI is InChI=1S/C12H19ClN4/c1-9(17-4-2-3-5-17)7-15-12-11(14)6-10(13)8-16-12/h6,8-9H,2-5,7,14H2,1H3,(H,15,16). The Hall–Kier alpha value is -1.00. The van der Waals surface area contributed by atoms with E-state index in [1.54, 1.807) is 12.3 Å². The van der Waals surface area contributed by atoms with E-state index in [9.17, 15) is 0 Å². The average molecular weight is 255 g/mol.